The molecule has 5 heteroatoms. The van der Waals surface area contributed by atoms with Gasteiger partial charge in [-0.25, -0.2) is 0 Å². The van der Waals surface area contributed by atoms with Crippen LogP contribution >= 0.6 is 0 Å². The Morgan fingerprint density at radius 2 is 2.05 bits per heavy atom. The summed E-state index contributed by atoms with van der Waals surface area (Å²) in [5.74, 6) is 0.373. The van der Waals surface area contributed by atoms with E-state index < -0.39 is 11.7 Å². The molecule has 0 spiro atoms. The van der Waals surface area contributed by atoms with Crippen molar-refractivity contribution in [3.8, 4) is 0 Å². The predicted molar refractivity (Wildman–Crippen MR) is 66.6 cm³/mol. The minimum atomic E-state index is -4.31. The molecular weight excluding hydrogens is 255 g/mol. The smallest absolute Gasteiger partial charge is 0.395 e. The minimum Gasteiger partial charge on any atom is -0.395 e. The van der Waals surface area contributed by atoms with Crippen LogP contribution in [0.15, 0.2) is 24.3 Å². The van der Waals surface area contributed by atoms with Crippen molar-refractivity contribution in [3.05, 3.63) is 35.4 Å². The number of benzene rings is 1. The lowest BCUT2D eigenvalue weighted by molar-refractivity contribution is -0.137. The van der Waals surface area contributed by atoms with Crippen molar-refractivity contribution in [3.63, 3.8) is 0 Å². The second-order valence-corrected chi connectivity index (χ2v) is 5.19. The van der Waals surface area contributed by atoms with Gasteiger partial charge < -0.3 is 10.4 Å². The monoisotopic (exact) mass is 273 g/mol. The zero-order valence-corrected chi connectivity index (χ0v) is 10.7. The molecule has 0 saturated heterocycles. The summed E-state index contributed by atoms with van der Waals surface area (Å²) in [5, 5.41) is 12.3. The molecule has 1 saturated carbocycles. The zero-order chi connectivity index (χ0) is 14.0. The molecule has 2 rings (SSSR count). The van der Waals surface area contributed by atoms with Gasteiger partial charge in [0, 0.05) is 12.1 Å². The summed E-state index contributed by atoms with van der Waals surface area (Å²) in [7, 11) is 0. The number of nitrogens with one attached hydrogen (secondary N) is 1. The van der Waals surface area contributed by atoms with Gasteiger partial charge in [0.2, 0.25) is 0 Å². The lowest BCUT2D eigenvalue weighted by atomic mass is 9.99. The molecule has 0 heterocycles. The van der Waals surface area contributed by atoms with Gasteiger partial charge in [0.05, 0.1) is 12.2 Å². The number of hydrogen-bond donors (Lipinski definition) is 2. The second kappa shape index (κ2) is 5.51. The Labute approximate surface area is 110 Å². The van der Waals surface area contributed by atoms with Crippen molar-refractivity contribution in [2.45, 2.75) is 38.0 Å². The van der Waals surface area contributed by atoms with Gasteiger partial charge in [0.15, 0.2) is 0 Å². The molecule has 2 unspecified atom stereocenters. The van der Waals surface area contributed by atoms with E-state index in [9.17, 15) is 13.2 Å². The topological polar surface area (TPSA) is 32.3 Å². The fourth-order valence-corrected chi connectivity index (χ4v) is 2.20. The molecular formula is C14H18F3NO. The number of aliphatic hydroxyl groups excluding tert-OH is 1. The van der Waals surface area contributed by atoms with Gasteiger partial charge in [-0.3, -0.25) is 0 Å². The lowest BCUT2D eigenvalue weighted by Crippen LogP contribution is -2.34. The van der Waals surface area contributed by atoms with E-state index in [1.54, 1.807) is 6.07 Å². The van der Waals surface area contributed by atoms with Crippen LogP contribution in [-0.2, 0) is 6.18 Å². The lowest BCUT2D eigenvalue weighted by Gasteiger charge is -2.23. The summed E-state index contributed by atoms with van der Waals surface area (Å²) in [6.07, 6.45) is -2.27. The molecule has 0 radical (unpaired) electrons. The van der Waals surface area contributed by atoms with Crippen molar-refractivity contribution in [1.29, 1.82) is 0 Å². The first-order valence-corrected chi connectivity index (χ1v) is 6.46. The molecule has 1 fully saturated rings. The molecule has 1 aliphatic rings. The highest BCUT2D eigenvalue weighted by Gasteiger charge is 2.35. The number of aliphatic hydroxyl groups is 1. The highest BCUT2D eigenvalue weighted by Crippen LogP contribution is 2.42. The fraction of sp³-hybridized carbons (Fsp3) is 0.571. The van der Waals surface area contributed by atoms with Gasteiger partial charge in [0.1, 0.15) is 0 Å². The quantitative estimate of drug-likeness (QED) is 0.864. The van der Waals surface area contributed by atoms with Gasteiger partial charge in [-0.05, 0) is 43.4 Å². The van der Waals surface area contributed by atoms with Crippen molar-refractivity contribution in [2.75, 3.05) is 6.61 Å². The summed E-state index contributed by atoms with van der Waals surface area (Å²) in [6.45, 7) is 1.80. The van der Waals surface area contributed by atoms with Crippen LogP contribution in [-0.4, -0.2) is 17.8 Å². The van der Waals surface area contributed by atoms with E-state index in [0.717, 1.165) is 18.9 Å². The Bertz CT molecular complexity index is 429. The van der Waals surface area contributed by atoms with Crippen LogP contribution in [0.1, 0.15) is 36.9 Å². The van der Waals surface area contributed by atoms with E-state index >= 15 is 0 Å². The second-order valence-electron chi connectivity index (χ2n) is 5.19. The number of halogens is 3. The molecule has 0 aliphatic heterocycles. The predicted octanol–water partition coefficient (Wildman–Crippen LogP) is 3.13. The Balaban J connectivity index is 2.22. The highest BCUT2D eigenvalue weighted by molar-refractivity contribution is 5.29. The van der Waals surface area contributed by atoms with Crippen molar-refractivity contribution in [1.82, 2.24) is 5.32 Å². The molecule has 0 bridgehead atoms. The average molecular weight is 273 g/mol. The molecule has 2 atom stereocenters. The normalized spacial score (nSPS) is 19.2. The van der Waals surface area contributed by atoms with Crippen LogP contribution in [0, 0.1) is 5.92 Å². The molecule has 106 valence electrons. The molecule has 2 N–H and O–H groups in total. The molecule has 1 aliphatic carbocycles. The van der Waals surface area contributed by atoms with Crippen molar-refractivity contribution >= 4 is 0 Å². The van der Waals surface area contributed by atoms with E-state index in [1.807, 2.05) is 6.92 Å². The van der Waals surface area contributed by atoms with Gasteiger partial charge in [-0.15, -0.1) is 0 Å². The van der Waals surface area contributed by atoms with Gasteiger partial charge in [-0.2, -0.15) is 13.2 Å². The number of alkyl halides is 3. The first kappa shape index (κ1) is 14.3. The minimum absolute atomic E-state index is 0.0256. The summed E-state index contributed by atoms with van der Waals surface area (Å²) in [4.78, 5) is 0. The summed E-state index contributed by atoms with van der Waals surface area (Å²) < 4.78 is 38.1. The van der Waals surface area contributed by atoms with Crippen molar-refractivity contribution < 1.29 is 18.3 Å². The Kier molecular flexibility index (Phi) is 4.16. The maximum atomic E-state index is 12.7. The van der Waals surface area contributed by atoms with E-state index in [1.165, 1.54) is 12.1 Å². The average Bonchev–Trinajstić information content (AvgIpc) is 3.19. The standard InChI is InChI=1S/C14H18F3NO/c1-9(8-19)18-13(10-5-6-10)11-3-2-4-12(7-11)14(15,16)17/h2-4,7,9-10,13,18-19H,5-6,8H2,1H3. The zero-order valence-electron chi connectivity index (χ0n) is 10.7. The van der Waals surface area contributed by atoms with Crippen LogP contribution in [0.5, 0.6) is 0 Å². The maximum absolute atomic E-state index is 12.7. The van der Waals surface area contributed by atoms with Crippen LogP contribution in [0.25, 0.3) is 0 Å². The summed E-state index contributed by atoms with van der Waals surface area (Å²) in [5.41, 5.74) is 0.0340. The first-order valence-electron chi connectivity index (χ1n) is 6.46. The van der Waals surface area contributed by atoms with Gasteiger partial charge >= 0.3 is 6.18 Å². The van der Waals surface area contributed by atoms with Gasteiger partial charge in [0.25, 0.3) is 0 Å². The molecule has 1 aromatic carbocycles. The molecule has 2 nitrogen and oxygen atoms in total. The third-order valence-electron chi connectivity index (χ3n) is 3.40. The third-order valence-corrected chi connectivity index (χ3v) is 3.40. The number of rotatable bonds is 5. The van der Waals surface area contributed by atoms with Crippen LogP contribution in [0.3, 0.4) is 0 Å². The largest absolute Gasteiger partial charge is 0.416 e. The van der Waals surface area contributed by atoms with Gasteiger partial charge in [-0.1, -0.05) is 12.1 Å². The molecule has 0 aromatic heterocycles. The highest BCUT2D eigenvalue weighted by atomic mass is 19.4. The van der Waals surface area contributed by atoms with E-state index in [-0.39, 0.29) is 18.7 Å². The Morgan fingerprint density at radius 3 is 2.58 bits per heavy atom. The van der Waals surface area contributed by atoms with E-state index in [2.05, 4.69) is 5.32 Å². The molecule has 0 amide bonds. The maximum Gasteiger partial charge on any atom is 0.416 e. The van der Waals surface area contributed by atoms with E-state index in [0.29, 0.717) is 11.5 Å². The van der Waals surface area contributed by atoms with Crippen LogP contribution in [0.2, 0.25) is 0 Å². The summed E-state index contributed by atoms with van der Waals surface area (Å²) in [6, 6.07) is 5.22. The molecule has 19 heavy (non-hydrogen) atoms. The molecule has 1 aromatic rings. The van der Waals surface area contributed by atoms with Crippen LogP contribution < -0.4 is 5.32 Å². The summed E-state index contributed by atoms with van der Waals surface area (Å²) >= 11 is 0. The van der Waals surface area contributed by atoms with E-state index in [4.69, 9.17) is 5.11 Å². The van der Waals surface area contributed by atoms with Crippen molar-refractivity contribution in [2.24, 2.45) is 5.92 Å². The first-order chi connectivity index (χ1) is 8.91. The third kappa shape index (κ3) is 3.70. The number of hydrogen-bond acceptors (Lipinski definition) is 2. The Hall–Kier alpha value is -1.07. The fourth-order valence-electron chi connectivity index (χ4n) is 2.20. The SMILES string of the molecule is CC(CO)NC(c1cccc(C(F)(F)F)c1)C1CC1. The van der Waals surface area contributed by atoms with Crippen LogP contribution in [0.4, 0.5) is 13.2 Å². The Morgan fingerprint density at radius 1 is 1.37 bits per heavy atom.